The molecule has 15 heavy (non-hydrogen) atoms. The maximum atomic E-state index is 5.92. The molecule has 0 aliphatic rings. The van der Waals surface area contributed by atoms with Gasteiger partial charge in [-0.3, -0.25) is 0 Å². The average molecular weight is 200 g/mol. The van der Waals surface area contributed by atoms with Gasteiger partial charge in [-0.25, -0.2) is 0 Å². The van der Waals surface area contributed by atoms with Crippen LogP contribution in [0.4, 0.5) is 11.4 Å². The van der Waals surface area contributed by atoms with Crippen LogP contribution in [0.5, 0.6) is 0 Å². The zero-order valence-corrected chi connectivity index (χ0v) is 8.96. The molecule has 0 saturated heterocycles. The lowest BCUT2D eigenvalue weighted by Crippen LogP contribution is -1.95. The highest BCUT2D eigenvalue weighted by molar-refractivity contribution is 5.98. The summed E-state index contributed by atoms with van der Waals surface area (Å²) in [4.78, 5) is 0. The van der Waals surface area contributed by atoms with Gasteiger partial charge in [0.15, 0.2) is 0 Å². The average Bonchev–Trinajstić information content (AvgIpc) is 2.24. The van der Waals surface area contributed by atoms with Crippen molar-refractivity contribution in [2.45, 2.75) is 19.8 Å². The van der Waals surface area contributed by atoms with Crippen molar-refractivity contribution < 1.29 is 0 Å². The van der Waals surface area contributed by atoms with Gasteiger partial charge in [0.05, 0.1) is 11.4 Å². The number of nitrogen functional groups attached to an aromatic ring is 2. The van der Waals surface area contributed by atoms with Gasteiger partial charge in [0, 0.05) is 5.39 Å². The van der Waals surface area contributed by atoms with Crippen LogP contribution in [0.25, 0.3) is 10.8 Å². The molecule has 2 aromatic rings. The monoisotopic (exact) mass is 200 g/mol. The largest absolute Gasteiger partial charge is 0.397 e. The highest BCUT2D eigenvalue weighted by Crippen LogP contribution is 2.27. The third-order valence-corrected chi connectivity index (χ3v) is 2.70. The van der Waals surface area contributed by atoms with Crippen molar-refractivity contribution >= 4 is 22.1 Å². The molecule has 0 unspecified atom stereocenters. The molecule has 4 N–H and O–H groups in total. The minimum atomic E-state index is 0.658. The van der Waals surface area contributed by atoms with Gasteiger partial charge in [-0.1, -0.05) is 37.6 Å². The molecule has 0 radical (unpaired) electrons. The number of nitrogens with two attached hydrogens (primary N) is 2. The van der Waals surface area contributed by atoms with Crippen LogP contribution in [0.3, 0.4) is 0 Å². The Morgan fingerprint density at radius 2 is 1.87 bits per heavy atom. The molecular weight excluding hydrogens is 184 g/mol. The van der Waals surface area contributed by atoms with E-state index in [4.69, 9.17) is 11.5 Å². The predicted molar refractivity (Wildman–Crippen MR) is 66.8 cm³/mol. The third-order valence-electron chi connectivity index (χ3n) is 2.70. The first-order valence-electron chi connectivity index (χ1n) is 5.29. The minimum absolute atomic E-state index is 0.658. The molecule has 0 aliphatic carbocycles. The number of rotatable bonds is 2. The molecule has 0 aromatic heterocycles. The van der Waals surface area contributed by atoms with E-state index in [1.54, 1.807) is 0 Å². The molecule has 2 nitrogen and oxygen atoms in total. The van der Waals surface area contributed by atoms with E-state index in [1.807, 2.05) is 12.1 Å². The Labute approximate surface area is 89.9 Å². The molecular formula is C13H16N2. The van der Waals surface area contributed by atoms with Crippen LogP contribution in [-0.4, -0.2) is 0 Å². The zero-order valence-electron chi connectivity index (χ0n) is 8.96. The Morgan fingerprint density at radius 3 is 2.60 bits per heavy atom. The van der Waals surface area contributed by atoms with E-state index in [9.17, 15) is 0 Å². The van der Waals surface area contributed by atoms with Crippen LogP contribution >= 0.6 is 0 Å². The standard InChI is InChI=1S/C13H16N2/c1-2-3-9-4-6-11-10(8-9)5-7-12(14)13(11)15/h4-8H,2-3,14-15H2,1H3. The van der Waals surface area contributed by atoms with E-state index >= 15 is 0 Å². The molecule has 0 spiro atoms. The maximum Gasteiger partial charge on any atom is 0.0627 e. The molecule has 0 aliphatic heterocycles. The Bertz CT molecular complexity index is 489. The van der Waals surface area contributed by atoms with E-state index in [-0.39, 0.29) is 0 Å². The van der Waals surface area contributed by atoms with Crippen molar-refractivity contribution in [2.24, 2.45) is 0 Å². The SMILES string of the molecule is CCCc1ccc2c(N)c(N)ccc2c1. The first-order chi connectivity index (χ1) is 7.22. The third kappa shape index (κ3) is 1.75. The molecule has 0 saturated carbocycles. The summed E-state index contributed by atoms with van der Waals surface area (Å²) in [7, 11) is 0. The molecule has 2 rings (SSSR count). The van der Waals surface area contributed by atoms with Crippen LogP contribution in [0, 0.1) is 0 Å². The molecule has 78 valence electrons. The van der Waals surface area contributed by atoms with Gasteiger partial charge in [0.25, 0.3) is 0 Å². The summed E-state index contributed by atoms with van der Waals surface area (Å²) >= 11 is 0. The van der Waals surface area contributed by atoms with Crippen molar-refractivity contribution in [1.82, 2.24) is 0 Å². The zero-order chi connectivity index (χ0) is 10.8. The lowest BCUT2D eigenvalue weighted by atomic mass is 10.0. The van der Waals surface area contributed by atoms with Crippen LogP contribution in [0.1, 0.15) is 18.9 Å². The highest BCUT2D eigenvalue weighted by atomic mass is 14.7. The smallest absolute Gasteiger partial charge is 0.0627 e. The van der Waals surface area contributed by atoms with Gasteiger partial charge < -0.3 is 11.5 Å². The van der Waals surface area contributed by atoms with Gasteiger partial charge in [-0.15, -0.1) is 0 Å². The van der Waals surface area contributed by atoms with Crippen LogP contribution < -0.4 is 11.5 Å². The van der Waals surface area contributed by atoms with Gasteiger partial charge in [0.1, 0.15) is 0 Å². The van der Waals surface area contributed by atoms with Gasteiger partial charge in [-0.2, -0.15) is 0 Å². The number of fused-ring (bicyclic) bond motifs is 1. The summed E-state index contributed by atoms with van der Waals surface area (Å²) in [6.07, 6.45) is 2.27. The Balaban J connectivity index is 2.59. The fourth-order valence-corrected chi connectivity index (χ4v) is 1.86. The molecule has 2 heteroatoms. The van der Waals surface area contributed by atoms with Crippen LogP contribution in [0.15, 0.2) is 30.3 Å². The summed E-state index contributed by atoms with van der Waals surface area (Å²) in [6, 6.07) is 10.3. The van der Waals surface area contributed by atoms with Gasteiger partial charge in [0.2, 0.25) is 0 Å². The Hall–Kier alpha value is -1.70. The van der Waals surface area contributed by atoms with Crippen molar-refractivity contribution in [3.63, 3.8) is 0 Å². The molecule has 0 heterocycles. The maximum absolute atomic E-state index is 5.92. The van der Waals surface area contributed by atoms with Crippen molar-refractivity contribution in [1.29, 1.82) is 0 Å². The number of anilines is 2. The molecule has 2 aromatic carbocycles. The lowest BCUT2D eigenvalue weighted by Gasteiger charge is -2.07. The number of hydrogen-bond donors (Lipinski definition) is 2. The fraction of sp³-hybridized carbons (Fsp3) is 0.231. The second kappa shape index (κ2) is 3.81. The summed E-state index contributed by atoms with van der Waals surface area (Å²) in [5.74, 6) is 0. The van der Waals surface area contributed by atoms with Crippen LogP contribution in [-0.2, 0) is 6.42 Å². The van der Waals surface area contributed by atoms with Crippen molar-refractivity contribution in [3.05, 3.63) is 35.9 Å². The summed E-state index contributed by atoms with van der Waals surface area (Å²) in [6.45, 7) is 2.18. The minimum Gasteiger partial charge on any atom is -0.397 e. The van der Waals surface area contributed by atoms with Crippen LogP contribution in [0.2, 0.25) is 0 Å². The molecule has 0 bridgehead atoms. The van der Waals surface area contributed by atoms with Gasteiger partial charge in [-0.05, 0) is 23.4 Å². The number of aryl methyl sites for hydroxylation is 1. The second-order valence-electron chi connectivity index (χ2n) is 3.87. The first-order valence-corrected chi connectivity index (χ1v) is 5.29. The summed E-state index contributed by atoms with van der Waals surface area (Å²) in [5.41, 5.74) is 14.4. The van der Waals surface area contributed by atoms with Crippen molar-refractivity contribution in [3.8, 4) is 0 Å². The van der Waals surface area contributed by atoms with Gasteiger partial charge >= 0.3 is 0 Å². The first kappa shape index (κ1) is 9.84. The highest BCUT2D eigenvalue weighted by Gasteiger charge is 2.02. The summed E-state index contributed by atoms with van der Waals surface area (Å²) in [5, 5.41) is 2.22. The van der Waals surface area contributed by atoms with E-state index in [1.165, 1.54) is 10.9 Å². The quantitative estimate of drug-likeness (QED) is 0.732. The second-order valence-corrected chi connectivity index (χ2v) is 3.87. The Kier molecular flexibility index (Phi) is 2.50. The fourth-order valence-electron chi connectivity index (χ4n) is 1.86. The number of hydrogen-bond acceptors (Lipinski definition) is 2. The van der Waals surface area contributed by atoms with E-state index in [0.29, 0.717) is 11.4 Å². The topological polar surface area (TPSA) is 52.0 Å². The molecule has 0 amide bonds. The normalized spacial score (nSPS) is 10.7. The lowest BCUT2D eigenvalue weighted by molar-refractivity contribution is 0.924. The van der Waals surface area contributed by atoms with E-state index in [0.717, 1.165) is 18.2 Å². The van der Waals surface area contributed by atoms with Crippen molar-refractivity contribution in [2.75, 3.05) is 11.5 Å². The van der Waals surface area contributed by atoms with E-state index in [2.05, 4.69) is 25.1 Å². The molecule has 0 fully saturated rings. The number of benzene rings is 2. The molecule has 0 atom stereocenters. The Morgan fingerprint density at radius 1 is 1.07 bits per heavy atom. The summed E-state index contributed by atoms with van der Waals surface area (Å²) < 4.78 is 0. The van der Waals surface area contributed by atoms with E-state index < -0.39 is 0 Å². The predicted octanol–water partition coefficient (Wildman–Crippen LogP) is 2.96.